The molecule has 0 saturated heterocycles. The zero-order valence-electron chi connectivity index (χ0n) is 10.3. The van der Waals surface area contributed by atoms with Crippen LogP contribution in [-0.4, -0.2) is 29.0 Å². The van der Waals surface area contributed by atoms with E-state index in [0.717, 1.165) is 21.3 Å². The molecule has 2 heterocycles. The summed E-state index contributed by atoms with van der Waals surface area (Å²) in [5, 5.41) is 1.08. The summed E-state index contributed by atoms with van der Waals surface area (Å²) in [6.45, 7) is 6.45. The van der Waals surface area contributed by atoms with Gasteiger partial charge in [0.05, 0.1) is 6.20 Å². The molecule has 0 fully saturated rings. The minimum absolute atomic E-state index is 0.0608. The molecule has 0 spiro atoms. The normalized spacial score (nSPS) is 12.1. The summed E-state index contributed by atoms with van der Waals surface area (Å²) >= 11 is 1.62. The number of hydrogen-bond acceptors (Lipinski definition) is 5. The third kappa shape index (κ3) is 2.00. The van der Waals surface area contributed by atoms with E-state index in [1.165, 1.54) is 0 Å². The Hall–Kier alpha value is -1.23. The van der Waals surface area contributed by atoms with Crippen molar-refractivity contribution in [2.24, 2.45) is 0 Å². The molecule has 0 aliphatic heterocycles. The molecule has 2 aromatic rings. The molecule has 0 atom stereocenters. The molecular weight excluding hydrogens is 220 g/mol. The molecule has 0 radical (unpaired) electrons. The zero-order valence-corrected chi connectivity index (χ0v) is 11.1. The maximum Gasteiger partial charge on any atom is 0.190 e. The van der Waals surface area contributed by atoms with Crippen LogP contribution in [0.15, 0.2) is 6.20 Å². The molecular formula is C11H16N4S. The lowest BCUT2D eigenvalue weighted by molar-refractivity contribution is 0.586. The van der Waals surface area contributed by atoms with Crippen molar-refractivity contribution in [2.45, 2.75) is 26.2 Å². The maximum absolute atomic E-state index is 4.53. The highest BCUT2D eigenvalue weighted by atomic mass is 32.1. The predicted molar refractivity (Wildman–Crippen MR) is 68.2 cm³/mol. The van der Waals surface area contributed by atoms with Crippen molar-refractivity contribution >= 4 is 27.6 Å². The van der Waals surface area contributed by atoms with Gasteiger partial charge in [-0.2, -0.15) is 0 Å². The summed E-state index contributed by atoms with van der Waals surface area (Å²) in [6, 6.07) is 0. The Bertz CT molecular complexity index is 510. The average Bonchev–Trinajstić information content (AvgIpc) is 2.58. The molecule has 0 unspecified atom stereocenters. The fourth-order valence-corrected chi connectivity index (χ4v) is 2.20. The van der Waals surface area contributed by atoms with Gasteiger partial charge in [-0.05, 0) is 0 Å². The van der Waals surface area contributed by atoms with E-state index in [4.69, 9.17) is 0 Å². The van der Waals surface area contributed by atoms with Gasteiger partial charge in [-0.25, -0.2) is 15.0 Å². The fraction of sp³-hybridized carbons (Fsp3) is 0.545. The predicted octanol–water partition coefficient (Wildman–Crippen LogP) is 2.45. The SMILES string of the molecule is CN(C)c1cnc2nc(C(C)(C)C)sc2n1. The third-order valence-electron chi connectivity index (χ3n) is 2.21. The zero-order chi connectivity index (χ0) is 11.9. The van der Waals surface area contributed by atoms with Gasteiger partial charge >= 0.3 is 0 Å². The monoisotopic (exact) mass is 236 g/mol. The first-order valence-corrected chi connectivity index (χ1v) is 6.01. The molecule has 0 aliphatic carbocycles. The summed E-state index contributed by atoms with van der Waals surface area (Å²) in [7, 11) is 3.92. The smallest absolute Gasteiger partial charge is 0.190 e. The van der Waals surface area contributed by atoms with Gasteiger partial charge in [0.1, 0.15) is 10.8 Å². The van der Waals surface area contributed by atoms with Gasteiger partial charge in [0.2, 0.25) is 0 Å². The Labute approximate surface area is 99.4 Å². The van der Waals surface area contributed by atoms with E-state index in [1.807, 2.05) is 19.0 Å². The van der Waals surface area contributed by atoms with Gasteiger partial charge in [0.15, 0.2) is 10.5 Å². The van der Waals surface area contributed by atoms with E-state index in [2.05, 4.69) is 35.7 Å². The van der Waals surface area contributed by atoms with E-state index < -0.39 is 0 Å². The Morgan fingerprint density at radius 1 is 1.19 bits per heavy atom. The number of thiazole rings is 1. The average molecular weight is 236 g/mol. The fourth-order valence-electron chi connectivity index (χ4n) is 1.25. The Balaban J connectivity index is 2.54. The van der Waals surface area contributed by atoms with Crippen LogP contribution in [0.1, 0.15) is 25.8 Å². The lowest BCUT2D eigenvalue weighted by Crippen LogP contribution is -2.10. The van der Waals surface area contributed by atoms with Gasteiger partial charge < -0.3 is 4.90 Å². The van der Waals surface area contributed by atoms with Crippen molar-refractivity contribution in [3.63, 3.8) is 0 Å². The topological polar surface area (TPSA) is 41.9 Å². The molecule has 0 N–H and O–H groups in total. The summed E-state index contributed by atoms with van der Waals surface area (Å²) in [5.74, 6) is 0.872. The third-order valence-corrected chi connectivity index (χ3v) is 3.57. The minimum atomic E-state index is 0.0608. The second-order valence-electron chi connectivity index (χ2n) is 5.02. The van der Waals surface area contributed by atoms with E-state index in [-0.39, 0.29) is 5.41 Å². The molecule has 0 aliphatic rings. The van der Waals surface area contributed by atoms with E-state index >= 15 is 0 Å². The van der Waals surface area contributed by atoms with Crippen molar-refractivity contribution in [1.82, 2.24) is 15.0 Å². The lowest BCUT2D eigenvalue weighted by Gasteiger charge is -2.12. The highest BCUT2D eigenvalue weighted by molar-refractivity contribution is 7.18. The van der Waals surface area contributed by atoms with Gasteiger partial charge in [0, 0.05) is 19.5 Å². The Morgan fingerprint density at radius 2 is 1.88 bits per heavy atom. The van der Waals surface area contributed by atoms with Crippen LogP contribution in [0.4, 0.5) is 5.82 Å². The molecule has 5 heteroatoms. The van der Waals surface area contributed by atoms with Gasteiger partial charge in [-0.3, -0.25) is 0 Å². The molecule has 86 valence electrons. The molecule has 4 nitrogen and oxygen atoms in total. The van der Waals surface area contributed by atoms with Crippen molar-refractivity contribution in [3.05, 3.63) is 11.2 Å². The minimum Gasteiger partial charge on any atom is -0.361 e. The summed E-state index contributed by atoms with van der Waals surface area (Å²) < 4.78 is 0. The van der Waals surface area contributed by atoms with Crippen LogP contribution in [0.3, 0.4) is 0 Å². The van der Waals surface area contributed by atoms with Crippen LogP contribution in [0.25, 0.3) is 10.5 Å². The van der Waals surface area contributed by atoms with E-state index in [0.29, 0.717) is 0 Å². The quantitative estimate of drug-likeness (QED) is 0.762. The summed E-state index contributed by atoms with van der Waals surface area (Å²) in [6.07, 6.45) is 1.76. The number of aromatic nitrogens is 3. The number of hydrogen-bond donors (Lipinski definition) is 0. The standard InChI is InChI=1S/C11H16N4S/c1-11(2,3)10-14-8-9(16-10)13-7(6-12-8)15(4)5/h6H,1-5H3. The maximum atomic E-state index is 4.53. The number of fused-ring (bicyclic) bond motifs is 1. The van der Waals surface area contributed by atoms with Crippen LogP contribution in [-0.2, 0) is 5.41 Å². The van der Waals surface area contributed by atoms with Crippen molar-refractivity contribution in [2.75, 3.05) is 19.0 Å². The van der Waals surface area contributed by atoms with Crippen LogP contribution in [0.2, 0.25) is 0 Å². The number of rotatable bonds is 1. The lowest BCUT2D eigenvalue weighted by atomic mass is 9.98. The Morgan fingerprint density at radius 3 is 2.44 bits per heavy atom. The largest absolute Gasteiger partial charge is 0.361 e. The van der Waals surface area contributed by atoms with Crippen LogP contribution < -0.4 is 4.90 Å². The number of nitrogens with zero attached hydrogens (tertiary/aromatic N) is 4. The van der Waals surface area contributed by atoms with Crippen LogP contribution in [0.5, 0.6) is 0 Å². The second-order valence-corrected chi connectivity index (χ2v) is 6.00. The van der Waals surface area contributed by atoms with Crippen molar-refractivity contribution in [1.29, 1.82) is 0 Å². The molecule has 2 rings (SSSR count). The first kappa shape index (κ1) is 11.3. The molecule has 0 amide bonds. The summed E-state index contributed by atoms with van der Waals surface area (Å²) in [4.78, 5) is 16.2. The molecule has 0 saturated carbocycles. The number of anilines is 1. The molecule has 0 bridgehead atoms. The van der Waals surface area contributed by atoms with Crippen LogP contribution >= 0.6 is 11.3 Å². The van der Waals surface area contributed by atoms with Gasteiger partial charge in [-0.1, -0.05) is 32.1 Å². The van der Waals surface area contributed by atoms with Crippen molar-refractivity contribution in [3.8, 4) is 0 Å². The van der Waals surface area contributed by atoms with Crippen LogP contribution in [0, 0.1) is 0 Å². The van der Waals surface area contributed by atoms with E-state index in [9.17, 15) is 0 Å². The van der Waals surface area contributed by atoms with Gasteiger partial charge in [0.25, 0.3) is 0 Å². The van der Waals surface area contributed by atoms with Gasteiger partial charge in [-0.15, -0.1) is 0 Å². The molecule has 2 aromatic heterocycles. The Kier molecular flexibility index (Phi) is 2.58. The molecule has 16 heavy (non-hydrogen) atoms. The second kappa shape index (κ2) is 3.66. The van der Waals surface area contributed by atoms with E-state index in [1.54, 1.807) is 17.5 Å². The highest BCUT2D eigenvalue weighted by Crippen LogP contribution is 2.29. The highest BCUT2D eigenvalue weighted by Gasteiger charge is 2.20. The van der Waals surface area contributed by atoms with Crippen molar-refractivity contribution < 1.29 is 0 Å². The first-order valence-electron chi connectivity index (χ1n) is 5.19. The first-order chi connectivity index (χ1) is 7.38. The summed E-state index contributed by atoms with van der Waals surface area (Å²) in [5.41, 5.74) is 0.811. The molecule has 0 aromatic carbocycles.